The molecule has 152 valence electrons. The van der Waals surface area contributed by atoms with Crippen molar-refractivity contribution >= 4 is 32.4 Å². The molecule has 0 aliphatic heterocycles. The number of carbonyl (C=O) groups excluding carboxylic acids is 1. The average Bonchev–Trinajstić information content (AvgIpc) is 3.12. The molecule has 3 aromatic rings. The van der Waals surface area contributed by atoms with E-state index < -0.39 is 10.0 Å². The molecule has 0 spiro atoms. The van der Waals surface area contributed by atoms with Gasteiger partial charge in [-0.05, 0) is 36.8 Å². The first-order valence-corrected chi connectivity index (χ1v) is 11.2. The fraction of sp³-hybridized carbons (Fsp3) is 0.200. The molecule has 9 heteroatoms. The molecule has 3 rings (SSSR count). The number of anilines is 1. The van der Waals surface area contributed by atoms with Crippen molar-refractivity contribution in [2.24, 2.45) is 0 Å². The zero-order valence-electron chi connectivity index (χ0n) is 16.0. The minimum atomic E-state index is -3.71. The molecule has 0 fully saturated rings. The number of rotatable bonds is 8. The molecular weight excluding hydrogens is 410 g/mol. The molecule has 1 amide bonds. The summed E-state index contributed by atoms with van der Waals surface area (Å²) in [4.78, 5) is 16.5. The van der Waals surface area contributed by atoms with Crippen LogP contribution in [-0.2, 0) is 27.8 Å². The second-order valence-corrected chi connectivity index (χ2v) is 8.91. The quantitative estimate of drug-likeness (QED) is 0.571. The van der Waals surface area contributed by atoms with E-state index in [0.29, 0.717) is 12.2 Å². The number of benzene rings is 2. The Hall–Kier alpha value is -2.91. The highest BCUT2D eigenvalue weighted by atomic mass is 32.2. The standard InChI is InChI=1S/C20H21N3O4S2/c1-14-6-8-18(9-7-14)29(25,26)23-20-22-16(13-28-20)11-19(24)21-12-15-4-3-5-17(10-15)27-2/h3-10,13H,11-12H2,1-2H3,(H,21,24)(H,22,23). The van der Waals surface area contributed by atoms with E-state index in [0.717, 1.165) is 28.2 Å². The number of carbonyl (C=O) groups is 1. The topological polar surface area (TPSA) is 97.4 Å². The maximum atomic E-state index is 12.4. The van der Waals surface area contributed by atoms with Crippen molar-refractivity contribution in [1.29, 1.82) is 0 Å². The first-order chi connectivity index (χ1) is 13.9. The molecule has 0 bridgehead atoms. The Bertz CT molecular complexity index is 1090. The predicted octanol–water partition coefficient (Wildman–Crippen LogP) is 3.12. The molecule has 0 atom stereocenters. The third-order valence-corrected chi connectivity index (χ3v) is 6.36. The molecule has 29 heavy (non-hydrogen) atoms. The normalized spacial score (nSPS) is 11.1. The molecule has 0 aliphatic rings. The number of methoxy groups -OCH3 is 1. The van der Waals surface area contributed by atoms with Gasteiger partial charge in [0.25, 0.3) is 10.0 Å². The molecule has 0 unspecified atom stereocenters. The van der Waals surface area contributed by atoms with Gasteiger partial charge < -0.3 is 10.1 Å². The van der Waals surface area contributed by atoms with Gasteiger partial charge in [0, 0.05) is 11.9 Å². The van der Waals surface area contributed by atoms with E-state index in [2.05, 4.69) is 15.0 Å². The van der Waals surface area contributed by atoms with Gasteiger partial charge in [-0.15, -0.1) is 11.3 Å². The fourth-order valence-corrected chi connectivity index (χ4v) is 4.50. The van der Waals surface area contributed by atoms with Crippen LogP contribution in [0.15, 0.2) is 58.8 Å². The smallest absolute Gasteiger partial charge is 0.263 e. The number of ether oxygens (including phenoxy) is 1. The van der Waals surface area contributed by atoms with Crippen LogP contribution in [0.25, 0.3) is 0 Å². The fourth-order valence-electron chi connectivity index (χ4n) is 2.54. The highest BCUT2D eigenvalue weighted by molar-refractivity contribution is 7.93. The molecule has 0 saturated carbocycles. The van der Waals surface area contributed by atoms with Crippen LogP contribution in [0.3, 0.4) is 0 Å². The van der Waals surface area contributed by atoms with Gasteiger partial charge in [-0.2, -0.15) is 0 Å². The van der Waals surface area contributed by atoms with Gasteiger partial charge in [0.2, 0.25) is 5.91 Å². The lowest BCUT2D eigenvalue weighted by Gasteiger charge is -2.06. The lowest BCUT2D eigenvalue weighted by molar-refractivity contribution is -0.120. The number of hydrogen-bond acceptors (Lipinski definition) is 6. The van der Waals surface area contributed by atoms with Crippen LogP contribution in [0.2, 0.25) is 0 Å². The van der Waals surface area contributed by atoms with Gasteiger partial charge in [0.05, 0.1) is 24.1 Å². The summed E-state index contributed by atoms with van der Waals surface area (Å²) in [6.45, 7) is 2.25. The molecular formula is C20H21N3O4S2. The van der Waals surface area contributed by atoms with Gasteiger partial charge >= 0.3 is 0 Å². The molecule has 1 aromatic heterocycles. The third-order valence-electron chi connectivity index (χ3n) is 4.07. The molecule has 2 aromatic carbocycles. The predicted molar refractivity (Wildman–Crippen MR) is 113 cm³/mol. The van der Waals surface area contributed by atoms with E-state index in [1.54, 1.807) is 24.6 Å². The second-order valence-electron chi connectivity index (χ2n) is 6.37. The summed E-state index contributed by atoms with van der Waals surface area (Å²) in [5.74, 6) is 0.521. The number of aryl methyl sites for hydroxylation is 1. The number of amides is 1. The van der Waals surface area contributed by atoms with Crippen molar-refractivity contribution in [2.45, 2.75) is 24.8 Å². The Kier molecular flexibility index (Phi) is 6.50. The average molecular weight is 432 g/mol. The van der Waals surface area contributed by atoms with Crippen LogP contribution >= 0.6 is 11.3 Å². The monoisotopic (exact) mass is 431 g/mol. The van der Waals surface area contributed by atoms with Crippen LogP contribution in [0.5, 0.6) is 5.75 Å². The van der Waals surface area contributed by atoms with E-state index in [1.165, 1.54) is 12.1 Å². The molecule has 0 saturated heterocycles. The van der Waals surface area contributed by atoms with E-state index in [-0.39, 0.29) is 22.4 Å². The minimum absolute atomic E-state index is 0.0622. The molecule has 7 nitrogen and oxygen atoms in total. The first-order valence-electron chi connectivity index (χ1n) is 8.79. The summed E-state index contributed by atoms with van der Waals surface area (Å²) in [5, 5.41) is 4.71. The number of thiazole rings is 1. The van der Waals surface area contributed by atoms with Crippen molar-refractivity contribution in [2.75, 3.05) is 11.8 Å². The number of sulfonamides is 1. The third kappa shape index (κ3) is 5.78. The maximum Gasteiger partial charge on any atom is 0.263 e. The Morgan fingerprint density at radius 3 is 2.66 bits per heavy atom. The SMILES string of the molecule is COc1cccc(CNC(=O)Cc2csc(NS(=O)(=O)c3ccc(C)cc3)n2)c1. The Morgan fingerprint density at radius 1 is 1.17 bits per heavy atom. The summed E-state index contributed by atoms with van der Waals surface area (Å²) in [7, 11) is -2.12. The zero-order valence-corrected chi connectivity index (χ0v) is 17.6. The number of nitrogens with zero attached hydrogens (tertiary/aromatic N) is 1. The number of hydrogen-bond donors (Lipinski definition) is 2. The largest absolute Gasteiger partial charge is 0.497 e. The Labute approximate surface area is 173 Å². The summed E-state index contributed by atoms with van der Waals surface area (Å²) in [6, 6.07) is 14.0. The molecule has 0 radical (unpaired) electrons. The van der Waals surface area contributed by atoms with Gasteiger partial charge in [-0.25, -0.2) is 13.4 Å². The van der Waals surface area contributed by atoms with Gasteiger partial charge in [-0.3, -0.25) is 9.52 Å². The van der Waals surface area contributed by atoms with Crippen molar-refractivity contribution in [1.82, 2.24) is 10.3 Å². The van der Waals surface area contributed by atoms with E-state index >= 15 is 0 Å². The minimum Gasteiger partial charge on any atom is -0.497 e. The highest BCUT2D eigenvalue weighted by Gasteiger charge is 2.16. The van der Waals surface area contributed by atoms with Crippen molar-refractivity contribution in [3.63, 3.8) is 0 Å². The first kappa shape index (κ1) is 20.8. The van der Waals surface area contributed by atoms with Crippen LogP contribution in [-0.4, -0.2) is 26.4 Å². The summed E-state index contributed by atoms with van der Waals surface area (Å²) >= 11 is 1.14. The molecule has 2 N–H and O–H groups in total. The molecule has 1 heterocycles. The van der Waals surface area contributed by atoms with E-state index in [4.69, 9.17) is 4.74 Å². The summed E-state index contributed by atoms with van der Waals surface area (Å²) in [6.07, 6.45) is 0.0622. The zero-order chi connectivity index (χ0) is 20.9. The van der Waals surface area contributed by atoms with Crippen LogP contribution in [0.4, 0.5) is 5.13 Å². The van der Waals surface area contributed by atoms with Crippen molar-refractivity contribution in [3.8, 4) is 5.75 Å². The maximum absolute atomic E-state index is 12.4. The van der Waals surface area contributed by atoms with Gasteiger partial charge in [0.1, 0.15) is 5.75 Å². The van der Waals surface area contributed by atoms with Crippen LogP contribution < -0.4 is 14.8 Å². The van der Waals surface area contributed by atoms with Crippen LogP contribution in [0.1, 0.15) is 16.8 Å². The number of nitrogens with one attached hydrogen (secondary N) is 2. The van der Waals surface area contributed by atoms with Gasteiger partial charge in [0.15, 0.2) is 5.13 Å². The lowest BCUT2D eigenvalue weighted by atomic mass is 10.2. The van der Waals surface area contributed by atoms with E-state index in [1.807, 2.05) is 31.2 Å². The summed E-state index contributed by atoms with van der Waals surface area (Å²) in [5.41, 5.74) is 2.39. The number of aromatic nitrogens is 1. The Morgan fingerprint density at radius 2 is 1.93 bits per heavy atom. The molecule has 0 aliphatic carbocycles. The van der Waals surface area contributed by atoms with E-state index in [9.17, 15) is 13.2 Å². The lowest BCUT2D eigenvalue weighted by Crippen LogP contribution is -2.24. The van der Waals surface area contributed by atoms with Gasteiger partial charge in [-0.1, -0.05) is 29.8 Å². The highest BCUT2D eigenvalue weighted by Crippen LogP contribution is 2.21. The van der Waals surface area contributed by atoms with Crippen molar-refractivity contribution in [3.05, 3.63) is 70.7 Å². The Balaban J connectivity index is 1.56. The van der Waals surface area contributed by atoms with Crippen LogP contribution in [0, 0.1) is 6.92 Å². The summed E-state index contributed by atoms with van der Waals surface area (Å²) < 4.78 is 32.5. The second kappa shape index (κ2) is 9.06. The van der Waals surface area contributed by atoms with Crippen molar-refractivity contribution < 1.29 is 17.9 Å².